The minimum absolute atomic E-state index is 0.0767. The molecule has 1 heterocycles. The van der Waals surface area contributed by atoms with E-state index in [4.69, 9.17) is 0 Å². The van der Waals surface area contributed by atoms with Crippen LogP contribution < -0.4 is 10.6 Å². The molecule has 1 aliphatic carbocycles. The molecule has 0 aliphatic heterocycles. The topological polar surface area (TPSA) is 71.1 Å². The Morgan fingerprint density at radius 1 is 0.852 bits per heavy atom. The van der Waals surface area contributed by atoms with Crippen LogP contribution in [0.5, 0.6) is 0 Å². The van der Waals surface area contributed by atoms with Crippen LogP contribution in [0.15, 0.2) is 60.8 Å². The molecule has 0 radical (unpaired) electrons. The summed E-state index contributed by atoms with van der Waals surface area (Å²) in [6, 6.07) is 16.5. The summed E-state index contributed by atoms with van der Waals surface area (Å²) in [5, 5.41) is 6.93. The minimum atomic E-state index is -0.226. The van der Waals surface area contributed by atoms with Gasteiger partial charge < -0.3 is 10.6 Å². The monoisotopic (exact) mass is 359 g/mol. The van der Waals surface area contributed by atoms with Gasteiger partial charge in [0.25, 0.3) is 11.8 Å². The van der Waals surface area contributed by atoms with E-state index < -0.39 is 0 Å². The molecule has 1 saturated carbocycles. The largest absolute Gasteiger partial charge is 0.349 e. The van der Waals surface area contributed by atoms with Crippen LogP contribution in [0, 0.1) is 0 Å². The zero-order valence-electron chi connectivity index (χ0n) is 14.9. The van der Waals surface area contributed by atoms with Crippen LogP contribution in [0.25, 0.3) is 10.9 Å². The number of benzene rings is 2. The van der Waals surface area contributed by atoms with Crippen molar-refractivity contribution >= 4 is 28.4 Å². The molecule has 1 aromatic heterocycles. The molecule has 27 heavy (non-hydrogen) atoms. The number of hydrogen-bond donors (Lipinski definition) is 2. The van der Waals surface area contributed by atoms with Crippen LogP contribution in [-0.2, 0) is 0 Å². The highest BCUT2D eigenvalue weighted by atomic mass is 16.2. The number of anilines is 1. The number of pyridine rings is 1. The second kappa shape index (κ2) is 7.58. The second-order valence-corrected chi connectivity index (χ2v) is 6.87. The molecule has 3 aromatic rings. The van der Waals surface area contributed by atoms with Crippen molar-refractivity contribution in [3.63, 3.8) is 0 Å². The Hall–Kier alpha value is -3.21. The van der Waals surface area contributed by atoms with E-state index in [1.54, 1.807) is 30.5 Å². The van der Waals surface area contributed by atoms with Crippen molar-refractivity contribution in [1.82, 2.24) is 10.3 Å². The zero-order valence-corrected chi connectivity index (χ0v) is 14.9. The smallest absolute Gasteiger partial charge is 0.255 e. The van der Waals surface area contributed by atoms with E-state index in [1.807, 2.05) is 30.3 Å². The summed E-state index contributed by atoms with van der Waals surface area (Å²) < 4.78 is 0. The third-order valence-electron chi connectivity index (χ3n) is 4.98. The number of nitrogens with one attached hydrogen (secondary N) is 2. The third-order valence-corrected chi connectivity index (χ3v) is 4.98. The molecule has 0 spiro atoms. The van der Waals surface area contributed by atoms with Crippen molar-refractivity contribution in [3.05, 3.63) is 71.9 Å². The lowest BCUT2D eigenvalue weighted by Gasteiger charge is -2.12. The van der Waals surface area contributed by atoms with Gasteiger partial charge in [0.15, 0.2) is 0 Å². The predicted octanol–water partition coefficient (Wildman–Crippen LogP) is 4.16. The summed E-state index contributed by atoms with van der Waals surface area (Å²) in [5.74, 6) is -0.303. The standard InChI is InChI=1S/C22H21N3O2/c26-21(24-18-7-1-2-8-18)16-10-12-17(13-11-16)22(27)25-19-9-3-5-15-6-4-14-23-20(15)19/h3-6,9-14,18H,1-2,7-8H2,(H,24,26)(H,25,27). The number of amides is 2. The SMILES string of the molecule is O=C(Nc1cccc2cccnc12)c1ccc(C(=O)NC2CCCC2)cc1. The van der Waals surface area contributed by atoms with Crippen molar-refractivity contribution in [2.45, 2.75) is 31.7 Å². The maximum Gasteiger partial charge on any atom is 0.255 e. The first-order valence-corrected chi connectivity index (χ1v) is 9.27. The maximum atomic E-state index is 12.6. The Morgan fingerprint density at radius 3 is 2.26 bits per heavy atom. The first kappa shape index (κ1) is 17.2. The fourth-order valence-electron chi connectivity index (χ4n) is 3.51. The first-order chi connectivity index (χ1) is 13.2. The van der Waals surface area contributed by atoms with Gasteiger partial charge in [-0.05, 0) is 49.2 Å². The van der Waals surface area contributed by atoms with E-state index in [2.05, 4.69) is 15.6 Å². The van der Waals surface area contributed by atoms with Crippen LogP contribution >= 0.6 is 0 Å². The molecule has 5 heteroatoms. The van der Waals surface area contributed by atoms with Gasteiger partial charge >= 0.3 is 0 Å². The summed E-state index contributed by atoms with van der Waals surface area (Å²) >= 11 is 0. The van der Waals surface area contributed by atoms with Crippen LogP contribution in [0.3, 0.4) is 0 Å². The molecule has 1 fully saturated rings. The molecule has 4 rings (SSSR count). The summed E-state index contributed by atoms with van der Waals surface area (Å²) in [6.07, 6.45) is 6.15. The van der Waals surface area contributed by atoms with E-state index in [0.717, 1.165) is 23.7 Å². The molecule has 136 valence electrons. The van der Waals surface area contributed by atoms with Gasteiger partial charge in [0.05, 0.1) is 11.2 Å². The van der Waals surface area contributed by atoms with Crippen LogP contribution in [0.2, 0.25) is 0 Å². The minimum Gasteiger partial charge on any atom is -0.349 e. The van der Waals surface area contributed by atoms with Crippen molar-refractivity contribution in [1.29, 1.82) is 0 Å². The van der Waals surface area contributed by atoms with E-state index in [9.17, 15) is 9.59 Å². The highest BCUT2D eigenvalue weighted by molar-refractivity contribution is 6.08. The first-order valence-electron chi connectivity index (χ1n) is 9.27. The van der Waals surface area contributed by atoms with Crippen molar-refractivity contribution in [2.24, 2.45) is 0 Å². The number of carbonyl (C=O) groups excluding carboxylic acids is 2. The molecule has 5 nitrogen and oxygen atoms in total. The Labute approximate surface area is 157 Å². The van der Waals surface area contributed by atoms with Gasteiger partial charge in [0.1, 0.15) is 0 Å². The van der Waals surface area contributed by atoms with Gasteiger partial charge in [-0.2, -0.15) is 0 Å². The molecular formula is C22H21N3O2. The second-order valence-electron chi connectivity index (χ2n) is 6.87. The Bertz CT molecular complexity index is 971. The predicted molar refractivity (Wildman–Crippen MR) is 106 cm³/mol. The number of rotatable bonds is 4. The van der Waals surface area contributed by atoms with E-state index in [1.165, 1.54) is 12.8 Å². The van der Waals surface area contributed by atoms with E-state index >= 15 is 0 Å². The maximum absolute atomic E-state index is 12.6. The molecule has 2 N–H and O–H groups in total. The average Bonchev–Trinajstić information content (AvgIpc) is 3.21. The fraction of sp³-hybridized carbons (Fsp3) is 0.227. The third kappa shape index (κ3) is 3.82. The summed E-state index contributed by atoms with van der Waals surface area (Å²) in [6.45, 7) is 0. The lowest BCUT2D eigenvalue weighted by atomic mass is 10.1. The molecule has 0 atom stereocenters. The van der Waals surface area contributed by atoms with Crippen LogP contribution in [-0.4, -0.2) is 22.8 Å². The quantitative estimate of drug-likeness (QED) is 0.735. The number of nitrogens with zero attached hydrogens (tertiary/aromatic N) is 1. The van der Waals surface area contributed by atoms with E-state index in [-0.39, 0.29) is 17.9 Å². The van der Waals surface area contributed by atoms with Crippen molar-refractivity contribution < 1.29 is 9.59 Å². The molecule has 0 saturated heterocycles. The molecule has 1 aliphatic rings. The Kier molecular flexibility index (Phi) is 4.83. The lowest BCUT2D eigenvalue weighted by Crippen LogP contribution is -2.32. The Morgan fingerprint density at radius 2 is 1.52 bits per heavy atom. The van der Waals surface area contributed by atoms with Gasteiger partial charge in [0, 0.05) is 28.8 Å². The highest BCUT2D eigenvalue weighted by Gasteiger charge is 2.18. The van der Waals surface area contributed by atoms with Crippen molar-refractivity contribution in [2.75, 3.05) is 5.32 Å². The van der Waals surface area contributed by atoms with Crippen LogP contribution in [0.4, 0.5) is 5.69 Å². The molecule has 2 amide bonds. The number of hydrogen-bond acceptors (Lipinski definition) is 3. The van der Waals surface area contributed by atoms with Crippen molar-refractivity contribution in [3.8, 4) is 0 Å². The van der Waals surface area contributed by atoms with Gasteiger partial charge in [-0.3, -0.25) is 14.6 Å². The van der Waals surface area contributed by atoms with Gasteiger partial charge in [0.2, 0.25) is 0 Å². The highest BCUT2D eigenvalue weighted by Crippen LogP contribution is 2.21. The average molecular weight is 359 g/mol. The van der Waals surface area contributed by atoms with Gasteiger partial charge in [-0.15, -0.1) is 0 Å². The van der Waals surface area contributed by atoms with Crippen LogP contribution in [0.1, 0.15) is 46.4 Å². The Balaban J connectivity index is 1.46. The molecule has 0 bridgehead atoms. The molecule has 2 aromatic carbocycles. The summed E-state index contributed by atoms with van der Waals surface area (Å²) in [4.78, 5) is 29.2. The van der Waals surface area contributed by atoms with Gasteiger partial charge in [-0.25, -0.2) is 0 Å². The number of carbonyl (C=O) groups is 2. The summed E-state index contributed by atoms with van der Waals surface area (Å²) in [7, 11) is 0. The van der Waals surface area contributed by atoms with Gasteiger partial charge in [-0.1, -0.05) is 31.0 Å². The summed E-state index contributed by atoms with van der Waals surface area (Å²) in [5.41, 5.74) is 2.49. The number of para-hydroxylation sites is 1. The molecule has 0 unspecified atom stereocenters. The number of fused-ring (bicyclic) bond motifs is 1. The fourth-order valence-corrected chi connectivity index (χ4v) is 3.51. The number of aromatic nitrogens is 1. The lowest BCUT2D eigenvalue weighted by molar-refractivity contribution is 0.0936. The zero-order chi connectivity index (χ0) is 18.6. The normalized spacial score (nSPS) is 14.2. The molecular weight excluding hydrogens is 338 g/mol. The van der Waals surface area contributed by atoms with E-state index in [0.29, 0.717) is 16.8 Å².